The van der Waals surface area contributed by atoms with E-state index < -0.39 is 41.6 Å². The fourth-order valence-corrected chi connectivity index (χ4v) is 7.84. The number of hydrogen-bond donors (Lipinski definition) is 1. The summed E-state index contributed by atoms with van der Waals surface area (Å²) in [6.07, 6.45) is 3.58. The van der Waals surface area contributed by atoms with E-state index in [1.807, 2.05) is 0 Å². The molecule has 0 radical (unpaired) electrons. The molecule has 1 fully saturated rings. The summed E-state index contributed by atoms with van der Waals surface area (Å²) in [5.41, 5.74) is 1.23. The van der Waals surface area contributed by atoms with Crippen LogP contribution in [-0.4, -0.2) is 55.8 Å². The highest BCUT2D eigenvalue weighted by atomic mass is 32.2. The standard InChI is InChI=1S/C23H24F2N4O5S3/c1-36(30,31)16-6-8-29(20(10-16)14-2-4-15(24)5-3-14)19-7-9-34-21-12-22(18(25)11-17(19)21)37(32,33)28-23-26-13-27-35-23/h2-5,11-13,16,19-20H,6-10H2,1H3,(H,26,27,28)/t16-,19-,20+/m1/s1. The lowest BCUT2D eigenvalue weighted by Crippen LogP contribution is -2.44. The molecule has 2 aliphatic rings. The van der Waals surface area contributed by atoms with Crippen molar-refractivity contribution in [2.75, 3.05) is 24.1 Å². The minimum Gasteiger partial charge on any atom is -0.493 e. The lowest BCUT2D eigenvalue weighted by Gasteiger charge is -2.45. The van der Waals surface area contributed by atoms with E-state index in [9.17, 15) is 21.2 Å². The molecule has 1 N–H and O–H groups in total. The monoisotopic (exact) mass is 570 g/mol. The van der Waals surface area contributed by atoms with Gasteiger partial charge in [0, 0.05) is 54.5 Å². The van der Waals surface area contributed by atoms with Crippen molar-refractivity contribution in [3.63, 3.8) is 0 Å². The Hall–Kier alpha value is -2.68. The highest BCUT2D eigenvalue weighted by Crippen LogP contribution is 2.45. The van der Waals surface area contributed by atoms with Crippen molar-refractivity contribution in [2.24, 2.45) is 0 Å². The van der Waals surface area contributed by atoms with Crippen molar-refractivity contribution in [3.8, 4) is 5.75 Å². The average Bonchev–Trinajstić information content (AvgIpc) is 3.35. The number of halogens is 2. The number of aromatic nitrogens is 2. The highest BCUT2D eigenvalue weighted by molar-refractivity contribution is 7.93. The molecule has 3 atom stereocenters. The topological polar surface area (TPSA) is 119 Å². The van der Waals surface area contributed by atoms with Crippen LogP contribution in [0.5, 0.6) is 5.75 Å². The van der Waals surface area contributed by atoms with Crippen molar-refractivity contribution < 1.29 is 30.4 Å². The molecular formula is C23H24F2N4O5S3. The number of piperidine rings is 1. The molecular weight excluding hydrogens is 546 g/mol. The predicted octanol–water partition coefficient (Wildman–Crippen LogP) is 3.69. The lowest BCUT2D eigenvalue weighted by atomic mass is 9.89. The minimum atomic E-state index is -4.28. The Morgan fingerprint density at radius 2 is 1.84 bits per heavy atom. The van der Waals surface area contributed by atoms with E-state index in [4.69, 9.17) is 4.74 Å². The van der Waals surface area contributed by atoms with Gasteiger partial charge in [-0.1, -0.05) is 12.1 Å². The fourth-order valence-electron chi connectivity index (χ4n) is 5.04. The maximum absolute atomic E-state index is 15.3. The van der Waals surface area contributed by atoms with Crippen molar-refractivity contribution in [1.29, 1.82) is 0 Å². The summed E-state index contributed by atoms with van der Waals surface area (Å²) >= 11 is 0.821. The van der Waals surface area contributed by atoms with E-state index >= 15 is 4.39 Å². The molecule has 5 rings (SSSR count). The number of nitrogens with one attached hydrogen (secondary N) is 1. The normalized spacial score (nSPS) is 22.7. The van der Waals surface area contributed by atoms with Gasteiger partial charge in [0.15, 0.2) is 0 Å². The number of sulfone groups is 1. The summed E-state index contributed by atoms with van der Waals surface area (Å²) in [4.78, 5) is 5.28. The van der Waals surface area contributed by atoms with Crippen molar-refractivity contribution >= 4 is 36.5 Å². The second kappa shape index (κ2) is 9.89. The maximum Gasteiger partial charge on any atom is 0.266 e. The van der Waals surface area contributed by atoms with E-state index in [1.54, 1.807) is 12.1 Å². The number of hydrogen-bond acceptors (Lipinski definition) is 9. The number of fused-ring (bicyclic) bond motifs is 1. The molecule has 0 amide bonds. The third-order valence-electron chi connectivity index (χ3n) is 6.80. The number of anilines is 1. The maximum atomic E-state index is 15.3. The molecule has 2 aromatic carbocycles. The Labute approximate surface area is 217 Å². The first-order valence-corrected chi connectivity index (χ1v) is 15.7. The summed E-state index contributed by atoms with van der Waals surface area (Å²) in [6, 6.07) is 7.53. The van der Waals surface area contributed by atoms with Gasteiger partial charge in [-0.15, -0.1) is 0 Å². The molecule has 9 nitrogen and oxygen atoms in total. The molecule has 0 saturated carbocycles. The van der Waals surface area contributed by atoms with Crippen LogP contribution in [0, 0.1) is 11.6 Å². The number of benzene rings is 2. The summed E-state index contributed by atoms with van der Waals surface area (Å²) < 4.78 is 91.0. The summed E-state index contributed by atoms with van der Waals surface area (Å²) in [5.74, 6) is -1.12. The van der Waals surface area contributed by atoms with Gasteiger partial charge in [-0.3, -0.25) is 9.62 Å². The van der Waals surface area contributed by atoms with Crippen LogP contribution in [-0.2, 0) is 19.9 Å². The molecule has 3 aromatic rings. The van der Waals surface area contributed by atoms with E-state index in [0.717, 1.165) is 29.2 Å². The average molecular weight is 571 g/mol. The van der Waals surface area contributed by atoms with Crippen LogP contribution >= 0.6 is 11.5 Å². The second-order valence-electron chi connectivity index (χ2n) is 9.11. The molecule has 3 heterocycles. The number of rotatable bonds is 6. The Balaban J connectivity index is 1.51. The Morgan fingerprint density at radius 3 is 2.51 bits per heavy atom. The van der Waals surface area contributed by atoms with Gasteiger partial charge in [0.05, 0.1) is 11.9 Å². The van der Waals surface area contributed by atoms with Gasteiger partial charge in [-0.05, 0) is 36.6 Å². The van der Waals surface area contributed by atoms with Crippen LogP contribution in [0.25, 0.3) is 0 Å². The summed E-state index contributed by atoms with van der Waals surface area (Å²) in [6.45, 7) is 0.666. The van der Waals surface area contributed by atoms with Gasteiger partial charge in [0.1, 0.15) is 38.4 Å². The molecule has 0 bridgehead atoms. The Kier molecular flexibility index (Phi) is 6.94. The molecule has 2 aliphatic heterocycles. The molecule has 0 unspecified atom stereocenters. The predicted molar refractivity (Wildman–Crippen MR) is 134 cm³/mol. The zero-order valence-electron chi connectivity index (χ0n) is 19.7. The summed E-state index contributed by atoms with van der Waals surface area (Å²) in [5, 5.41) is -0.555. The van der Waals surface area contributed by atoms with Crippen molar-refractivity contribution in [1.82, 2.24) is 14.3 Å². The highest BCUT2D eigenvalue weighted by Gasteiger charge is 2.40. The molecule has 198 valence electrons. The lowest BCUT2D eigenvalue weighted by molar-refractivity contribution is 0.0677. The number of likely N-dealkylation sites (tertiary alicyclic amines) is 1. The van der Waals surface area contributed by atoms with Gasteiger partial charge in [0.25, 0.3) is 10.0 Å². The third-order valence-corrected chi connectivity index (χ3v) is 10.5. The zero-order valence-corrected chi connectivity index (χ0v) is 22.1. The number of nitrogens with zero attached hydrogens (tertiary/aromatic N) is 3. The van der Waals surface area contributed by atoms with Crippen LogP contribution < -0.4 is 9.46 Å². The quantitative estimate of drug-likeness (QED) is 0.477. The number of sulfonamides is 1. The van der Waals surface area contributed by atoms with E-state index in [0.29, 0.717) is 31.4 Å². The van der Waals surface area contributed by atoms with E-state index in [1.165, 1.54) is 24.7 Å². The molecule has 1 aromatic heterocycles. The third kappa shape index (κ3) is 5.33. The van der Waals surface area contributed by atoms with Gasteiger partial charge in [0.2, 0.25) is 5.13 Å². The molecule has 0 aliphatic carbocycles. The molecule has 14 heteroatoms. The largest absolute Gasteiger partial charge is 0.493 e. The van der Waals surface area contributed by atoms with Crippen LogP contribution in [0.3, 0.4) is 0 Å². The van der Waals surface area contributed by atoms with E-state index in [2.05, 4.69) is 19.0 Å². The van der Waals surface area contributed by atoms with Gasteiger partial charge in [-0.25, -0.2) is 30.6 Å². The first-order valence-electron chi connectivity index (χ1n) is 11.5. The Morgan fingerprint density at radius 1 is 1.08 bits per heavy atom. The van der Waals surface area contributed by atoms with Crippen LogP contribution in [0.2, 0.25) is 0 Å². The second-order valence-corrected chi connectivity index (χ2v) is 13.9. The fraction of sp³-hybridized carbons (Fsp3) is 0.391. The summed E-state index contributed by atoms with van der Waals surface area (Å²) in [7, 11) is -7.59. The van der Waals surface area contributed by atoms with Crippen LogP contribution in [0.15, 0.2) is 47.6 Å². The zero-order chi connectivity index (χ0) is 26.4. The van der Waals surface area contributed by atoms with Crippen LogP contribution in [0.1, 0.15) is 42.5 Å². The molecule has 0 spiro atoms. The van der Waals surface area contributed by atoms with Crippen molar-refractivity contribution in [2.45, 2.75) is 41.5 Å². The minimum absolute atomic E-state index is 0.00630. The first kappa shape index (κ1) is 25.9. The van der Waals surface area contributed by atoms with Gasteiger partial charge >= 0.3 is 0 Å². The van der Waals surface area contributed by atoms with Gasteiger partial charge in [-0.2, -0.15) is 4.37 Å². The SMILES string of the molecule is CS(=O)(=O)[C@@H]1CCN([C@@H]2CCOc3cc(S(=O)(=O)Nc4ncns4)c(F)cc32)[C@H](c2ccc(F)cc2)C1. The number of ether oxygens (including phenoxy) is 1. The molecule has 37 heavy (non-hydrogen) atoms. The smallest absolute Gasteiger partial charge is 0.266 e. The van der Waals surface area contributed by atoms with Crippen LogP contribution in [0.4, 0.5) is 13.9 Å². The Bertz CT molecular complexity index is 1500. The van der Waals surface area contributed by atoms with E-state index in [-0.39, 0.29) is 29.6 Å². The molecule has 1 saturated heterocycles. The first-order chi connectivity index (χ1) is 17.5. The van der Waals surface area contributed by atoms with Gasteiger partial charge < -0.3 is 4.74 Å². The van der Waals surface area contributed by atoms with Crippen molar-refractivity contribution in [3.05, 3.63) is 65.5 Å².